The summed E-state index contributed by atoms with van der Waals surface area (Å²) < 4.78 is 0. The molecule has 0 fully saturated rings. The lowest BCUT2D eigenvalue weighted by atomic mass is 10.1. The minimum Gasteiger partial charge on any atom is -0.508 e. The average molecular weight is 264 g/mol. The van der Waals surface area contributed by atoms with Crippen LogP contribution in [0.2, 0.25) is 5.02 Å². The number of nitrogens with one attached hydrogen (secondary N) is 1. The number of hydrogen-bond donors (Lipinski definition) is 3. The van der Waals surface area contributed by atoms with Gasteiger partial charge in [-0.05, 0) is 36.8 Å². The third kappa shape index (κ3) is 2.87. The highest BCUT2D eigenvalue weighted by Gasteiger charge is 2.03. The van der Waals surface area contributed by atoms with E-state index >= 15 is 0 Å². The minimum absolute atomic E-state index is 0.0506. The first kappa shape index (κ1) is 12.6. The molecule has 0 aliphatic heterocycles. The van der Waals surface area contributed by atoms with Gasteiger partial charge in [0.05, 0.1) is 0 Å². The van der Waals surface area contributed by atoms with Gasteiger partial charge in [0.1, 0.15) is 11.5 Å². The Labute approximate surface area is 111 Å². The van der Waals surface area contributed by atoms with Gasteiger partial charge in [0, 0.05) is 28.9 Å². The number of phenols is 2. The SMILES string of the molecule is Cc1ccc(NCc2ccc(O)cc2O)cc1Cl. The van der Waals surface area contributed by atoms with Crippen LogP contribution < -0.4 is 5.32 Å². The standard InChI is InChI=1S/C14H14ClNO2/c1-9-2-4-11(6-13(9)15)16-8-10-3-5-12(17)7-14(10)18/h2-7,16-18H,8H2,1H3. The predicted octanol–water partition coefficient (Wildman–Crippen LogP) is 3.67. The maximum atomic E-state index is 9.64. The first-order chi connectivity index (χ1) is 8.56. The fourth-order valence-electron chi connectivity index (χ4n) is 1.60. The molecule has 0 atom stereocenters. The van der Waals surface area contributed by atoms with Gasteiger partial charge in [0.15, 0.2) is 0 Å². The summed E-state index contributed by atoms with van der Waals surface area (Å²) in [6.45, 7) is 2.41. The van der Waals surface area contributed by atoms with E-state index in [9.17, 15) is 10.2 Å². The summed E-state index contributed by atoms with van der Waals surface area (Å²) in [5.41, 5.74) is 2.62. The molecular formula is C14H14ClNO2. The zero-order chi connectivity index (χ0) is 13.1. The topological polar surface area (TPSA) is 52.5 Å². The van der Waals surface area contributed by atoms with Crippen LogP contribution in [-0.4, -0.2) is 10.2 Å². The van der Waals surface area contributed by atoms with E-state index < -0.39 is 0 Å². The van der Waals surface area contributed by atoms with Crippen molar-refractivity contribution in [2.24, 2.45) is 0 Å². The van der Waals surface area contributed by atoms with Crippen LogP contribution in [0.5, 0.6) is 11.5 Å². The molecule has 2 aromatic rings. The van der Waals surface area contributed by atoms with E-state index in [2.05, 4.69) is 5.32 Å². The number of aryl methyl sites for hydroxylation is 1. The van der Waals surface area contributed by atoms with E-state index in [4.69, 9.17) is 11.6 Å². The Morgan fingerprint density at radius 2 is 1.89 bits per heavy atom. The summed E-state index contributed by atoms with van der Waals surface area (Å²) >= 11 is 6.03. The summed E-state index contributed by atoms with van der Waals surface area (Å²) in [5.74, 6) is 0.121. The van der Waals surface area contributed by atoms with Crippen LogP contribution >= 0.6 is 11.6 Å². The van der Waals surface area contributed by atoms with Gasteiger partial charge in [-0.3, -0.25) is 0 Å². The number of halogens is 1. The molecule has 0 unspecified atom stereocenters. The maximum absolute atomic E-state index is 9.64. The molecule has 4 heteroatoms. The summed E-state index contributed by atoms with van der Waals surface area (Å²) in [6.07, 6.45) is 0. The molecular weight excluding hydrogens is 250 g/mol. The third-order valence-corrected chi connectivity index (χ3v) is 3.13. The van der Waals surface area contributed by atoms with Crippen molar-refractivity contribution in [1.29, 1.82) is 0 Å². The Morgan fingerprint density at radius 1 is 1.11 bits per heavy atom. The van der Waals surface area contributed by atoms with Crippen molar-refractivity contribution < 1.29 is 10.2 Å². The van der Waals surface area contributed by atoms with Gasteiger partial charge < -0.3 is 15.5 Å². The van der Waals surface area contributed by atoms with Crippen LogP contribution in [0.15, 0.2) is 36.4 Å². The largest absolute Gasteiger partial charge is 0.508 e. The Balaban J connectivity index is 2.09. The number of aromatic hydroxyl groups is 2. The summed E-state index contributed by atoms with van der Waals surface area (Å²) in [5, 5.41) is 22.7. The molecule has 2 aromatic carbocycles. The normalized spacial score (nSPS) is 10.3. The van der Waals surface area contributed by atoms with Gasteiger partial charge in [-0.15, -0.1) is 0 Å². The lowest BCUT2D eigenvalue weighted by Crippen LogP contribution is -1.99. The van der Waals surface area contributed by atoms with E-state index in [0.29, 0.717) is 17.1 Å². The van der Waals surface area contributed by atoms with E-state index in [-0.39, 0.29) is 11.5 Å². The molecule has 2 rings (SSSR count). The number of rotatable bonds is 3. The number of benzene rings is 2. The third-order valence-electron chi connectivity index (χ3n) is 2.72. The molecule has 0 radical (unpaired) electrons. The van der Waals surface area contributed by atoms with Crippen molar-refractivity contribution in [2.75, 3.05) is 5.32 Å². The zero-order valence-corrected chi connectivity index (χ0v) is 10.7. The lowest BCUT2D eigenvalue weighted by Gasteiger charge is -2.09. The van der Waals surface area contributed by atoms with Crippen LogP contribution in [0.25, 0.3) is 0 Å². The van der Waals surface area contributed by atoms with Gasteiger partial charge in [-0.25, -0.2) is 0 Å². The average Bonchev–Trinajstić information content (AvgIpc) is 2.32. The minimum atomic E-state index is 0.0506. The van der Waals surface area contributed by atoms with Crippen molar-refractivity contribution in [3.8, 4) is 11.5 Å². The van der Waals surface area contributed by atoms with Crippen molar-refractivity contribution in [2.45, 2.75) is 13.5 Å². The van der Waals surface area contributed by atoms with Crippen LogP contribution in [0.3, 0.4) is 0 Å². The molecule has 3 N–H and O–H groups in total. The van der Waals surface area contributed by atoms with E-state index in [1.54, 1.807) is 12.1 Å². The van der Waals surface area contributed by atoms with Crippen LogP contribution in [0.1, 0.15) is 11.1 Å². The molecule has 0 aromatic heterocycles. The fraction of sp³-hybridized carbons (Fsp3) is 0.143. The second kappa shape index (κ2) is 5.19. The van der Waals surface area contributed by atoms with Crippen molar-refractivity contribution in [3.05, 3.63) is 52.5 Å². The first-order valence-electron chi connectivity index (χ1n) is 5.57. The number of hydrogen-bond acceptors (Lipinski definition) is 3. The molecule has 0 saturated heterocycles. The van der Waals surface area contributed by atoms with Gasteiger partial charge in [0.25, 0.3) is 0 Å². The number of anilines is 1. The molecule has 18 heavy (non-hydrogen) atoms. The molecule has 3 nitrogen and oxygen atoms in total. The van der Waals surface area contributed by atoms with Gasteiger partial charge in [0.2, 0.25) is 0 Å². The molecule has 0 saturated carbocycles. The molecule has 94 valence electrons. The second-order valence-corrected chi connectivity index (χ2v) is 4.54. The highest BCUT2D eigenvalue weighted by atomic mass is 35.5. The highest BCUT2D eigenvalue weighted by Crippen LogP contribution is 2.24. The highest BCUT2D eigenvalue weighted by molar-refractivity contribution is 6.31. The Morgan fingerprint density at radius 3 is 2.56 bits per heavy atom. The summed E-state index contributed by atoms with van der Waals surface area (Å²) in [7, 11) is 0. The molecule has 0 spiro atoms. The molecule has 0 amide bonds. The van der Waals surface area contributed by atoms with Crippen LogP contribution in [-0.2, 0) is 6.54 Å². The Hall–Kier alpha value is -1.87. The van der Waals surface area contributed by atoms with Crippen molar-refractivity contribution in [1.82, 2.24) is 0 Å². The Kier molecular flexibility index (Phi) is 3.63. The smallest absolute Gasteiger partial charge is 0.124 e. The monoisotopic (exact) mass is 263 g/mol. The van der Waals surface area contributed by atoms with E-state index in [0.717, 1.165) is 11.3 Å². The quantitative estimate of drug-likeness (QED) is 0.792. The fourth-order valence-corrected chi connectivity index (χ4v) is 1.78. The van der Waals surface area contributed by atoms with Crippen LogP contribution in [0, 0.1) is 6.92 Å². The van der Waals surface area contributed by atoms with E-state index in [1.165, 1.54) is 6.07 Å². The Bertz CT molecular complexity index is 570. The maximum Gasteiger partial charge on any atom is 0.124 e. The molecule has 0 bridgehead atoms. The van der Waals surface area contributed by atoms with Crippen molar-refractivity contribution >= 4 is 17.3 Å². The van der Waals surface area contributed by atoms with Crippen LogP contribution in [0.4, 0.5) is 5.69 Å². The zero-order valence-electron chi connectivity index (χ0n) is 9.94. The van der Waals surface area contributed by atoms with Gasteiger partial charge >= 0.3 is 0 Å². The molecule has 0 aliphatic rings. The lowest BCUT2D eigenvalue weighted by molar-refractivity contribution is 0.446. The van der Waals surface area contributed by atoms with E-state index in [1.807, 2.05) is 25.1 Å². The molecule has 0 heterocycles. The second-order valence-electron chi connectivity index (χ2n) is 4.13. The van der Waals surface area contributed by atoms with Crippen molar-refractivity contribution in [3.63, 3.8) is 0 Å². The summed E-state index contributed by atoms with van der Waals surface area (Å²) in [6, 6.07) is 10.2. The molecule has 0 aliphatic carbocycles. The summed E-state index contributed by atoms with van der Waals surface area (Å²) in [4.78, 5) is 0. The first-order valence-corrected chi connectivity index (χ1v) is 5.95. The predicted molar refractivity (Wildman–Crippen MR) is 73.3 cm³/mol. The number of phenolic OH excluding ortho intramolecular Hbond substituents is 2. The van der Waals surface area contributed by atoms with Gasteiger partial charge in [-0.1, -0.05) is 17.7 Å². The van der Waals surface area contributed by atoms with Gasteiger partial charge in [-0.2, -0.15) is 0 Å².